The van der Waals surface area contributed by atoms with E-state index in [1.807, 2.05) is 12.1 Å². The second kappa shape index (κ2) is 14.8. The van der Waals surface area contributed by atoms with Crippen LogP contribution >= 0.6 is 23.5 Å². The van der Waals surface area contributed by atoms with E-state index in [1.54, 1.807) is 57.2 Å². The molecular weight excluding hydrogens is 552 g/mol. The highest BCUT2D eigenvalue weighted by molar-refractivity contribution is 8.14. The zero-order valence-electron chi connectivity index (χ0n) is 22.8. The van der Waals surface area contributed by atoms with Crippen molar-refractivity contribution in [1.29, 1.82) is 0 Å². The summed E-state index contributed by atoms with van der Waals surface area (Å²) in [6, 6.07) is 14.0. The minimum Gasteiger partial charge on any atom is -0.481 e. The van der Waals surface area contributed by atoms with E-state index in [4.69, 9.17) is 9.84 Å². The number of aliphatic hydroxyl groups excluding tert-OH is 2. The van der Waals surface area contributed by atoms with Crippen LogP contribution in [0.2, 0.25) is 0 Å². The molecule has 0 saturated carbocycles. The van der Waals surface area contributed by atoms with E-state index in [2.05, 4.69) is 0 Å². The van der Waals surface area contributed by atoms with Crippen LogP contribution in [0, 0.1) is 11.8 Å². The van der Waals surface area contributed by atoms with Gasteiger partial charge in [0.05, 0.1) is 42.5 Å². The Kier molecular flexibility index (Phi) is 11.8. The zero-order chi connectivity index (χ0) is 29.4. The normalized spacial score (nSPS) is 21.6. The quantitative estimate of drug-likeness (QED) is 0.348. The van der Waals surface area contributed by atoms with E-state index in [-0.39, 0.29) is 34.0 Å². The fourth-order valence-electron chi connectivity index (χ4n) is 4.57. The van der Waals surface area contributed by atoms with Crippen molar-refractivity contribution >= 4 is 45.7 Å². The topological polar surface area (TPSA) is 138 Å². The first-order valence-electron chi connectivity index (χ1n) is 13.3. The molecule has 8 nitrogen and oxygen atoms in total. The Bertz CT molecular complexity index is 1180. The van der Waals surface area contributed by atoms with Gasteiger partial charge in [-0.15, -0.1) is 0 Å². The number of esters is 1. The maximum atomic E-state index is 11.7. The van der Waals surface area contributed by atoms with Gasteiger partial charge in [-0.05, 0) is 55.9 Å². The minimum absolute atomic E-state index is 0.0375. The highest BCUT2D eigenvalue weighted by Gasteiger charge is 2.33. The van der Waals surface area contributed by atoms with Crippen molar-refractivity contribution < 1.29 is 39.2 Å². The van der Waals surface area contributed by atoms with Gasteiger partial charge in [0.2, 0.25) is 0 Å². The van der Waals surface area contributed by atoms with Crippen molar-refractivity contribution in [3.8, 4) is 0 Å². The van der Waals surface area contributed by atoms with Gasteiger partial charge in [-0.3, -0.25) is 19.2 Å². The van der Waals surface area contributed by atoms with E-state index < -0.39 is 24.1 Å². The molecule has 40 heavy (non-hydrogen) atoms. The van der Waals surface area contributed by atoms with Crippen molar-refractivity contribution in [1.82, 2.24) is 0 Å². The summed E-state index contributed by atoms with van der Waals surface area (Å²) in [7, 11) is 0. The highest BCUT2D eigenvalue weighted by atomic mass is 32.2. The number of hydrogen-bond donors (Lipinski definition) is 3. The number of hydrogen-bond acceptors (Lipinski definition) is 9. The maximum Gasteiger partial charge on any atom is 0.313 e. The van der Waals surface area contributed by atoms with Crippen LogP contribution in [-0.2, 0) is 23.9 Å². The molecule has 216 valence electrons. The lowest BCUT2D eigenvalue weighted by molar-refractivity contribution is -0.144. The van der Waals surface area contributed by atoms with Gasteiger partial charge in [-0.1, -0.05) is 72.1 Å². The molecule has 3 N–H and O–H groups in total. The third-order valence-electron chi connectivity index (χ3n) is 7.28. The Labute approximate surface area is 242 Å². The summed E-state index contributed by atoms with van der Waals surface area (Å²) in [6.45, 7) is 5.55. The van der Waals surface area contributed by atoms with Gasteiger partial charge in [0, 0.05) is 11.5 Å². The van der Waals surface area contributed by atoms with Crippen LogP contribution in [0.3, 0.4) is 0 Å². The molecule has 0 amide bonds. The Balaban J connectivity index is 0.000000222. The van der Waals surface area contributed by atoms with Gasteiger partial charge >= 0.3 is 11.9 Å². The molecule has 0 aliphatic carbocycles. The lowest BCUT2D eigenvalue weighted by Crippen LogP contribution is -2.16. The molecule has 2 fully saturated rings. The molecule has 0 spiro atoms. The number of aliphatic carboxylic acids is 1. The Hall–Kier alpha value is -2.66. The lowest BCUT2D eigenvalue weighted by Gasteiger charge is -2.17. The number of ether oxygens (including phenoxy) is 1. The van der Waals surface area contributed by atoms with Gasteiger partial charge in [-0.2, -0.15) is 0 Å². The average Bonchev–Trinajstić information content (AvgIpc) is 3.59. The van der Waals surface area contributed by atoms with Gasteiger partial charge in [0.25, 0.3) is 0 Å². The molecule has 2 aromatic carbocycles. The molecule has 2 aliphatic rings. The van der Waals surface area contributed by atoms with Gasteiger partial charge in [-0.25, -0.2) is 0 Å². The van der Waals surface area contributed by atoms with E-state index in [1.165, 1.54) is 23.5 Å². The number of carbonyl (C=O) groups excluding carboxylic acids is 3. The summed E-state index contributed by atoms with van der Waals surface area (Å²) in [5.74, 6) is -1.16. The molecule has 10 heteroatoms. The van der Waals surface area contributed by atoms with Crippen molar-refractivity contribution in [3.63, 3.8) is 0 Å². The molecule has 6 atom stereocenters. The van der Waals surface area contributed by atoms with E-state index in [0.717, 1.165) is 22.6 Å². The molecule has 4 rings (SSSR count). The number of carbonyl (C=O) groups is 4. The van der Waals surface area contributed by atoms with Gasteiger partial charge in [0.15, 0.2) is 10.2 Å². The summed E-state index contributed by atoms with van der Waals surface area (Å²) >= 11 is 2.55. The molecule has 2 aliphatic heterocycles. The summed E-state index contributed by atoms with van der Waals surface area (Å²) in [6.07, 6.45) is -0.153. The first-order chi connectivity index (χ1) is 19.0. The molecule has 2 heterocycles. The monoisotopic (exact) mass is 588 g/mol. The van der Waals surface area contributed by atoms with E-state index in [0.29, 0.717) is 30.6 Å². The van der Waals surface area contributed by atoms with Crippen LogP contribution in [0.15, 0.2) is 48.5 Å². The first kappa shape index (κ1) is 31.9. The van der Waals surface area contributed by atoms with Gasteiger partial charge in [0.1, 0.15) is 0 Å². The predicted molar refractivity (Wildman–Crippen MR) is 155 cm³/mol. The number of carboxylic acid groups (broad SMARTS) is 1. The summed E-state index contributed by atoms with van der Waals surface area (Å²) in [5.41, 5.74) is 2.92. The predicted octanol–water partition coefficient (Wildman–Crippen LogP) is 4.85. The van der Waals surface area contributed by atoms with E-state index >= 15 is 0 Å². The standard InChI is InChI=1S/C16H20O4S.C14H16O4S/c1-3-20-15(18)10(2)11-4-6-12(7-5-11)14(17)13-8-9-21-16(13)19;1-8(13(16)17)9-2-4-10(5-3-9)12(15)11-6-7-19-14(11)18/h4-7,10,13-14,17H,3,8-9H2,1-2H3;2-5,8,11-12,15H,6-7H2,1H3,(H,16,17). The zero-order valence-corrected chi connectivity index (χ0v) is 24.5. The Morgan fingerprint density at radius 3 is 1.48 bits per heavy atom. The van der Waals surface area contributed by atoms with Crippen LogP contribution in [-0.4, -0.2) is 55.6 Å². The van der Waals surface area contributed by atoms with Crippen molar-refractivity contribution in [2.24, 2.45) is 11.8 Å². The molecular formula is C30H36O8S2. The molecule has 0 bridgehead atoms. The largest absolute Gasteiger partial charge is 0.481 e. The second-order valence-corrected chi connectivity index (χ2v) is 12.1. The van der Waals surface area contributed by atoms with Crippen molar-refractivity contribution in [3.05, 3.63) is 70.8 Å². The minimum atomic E-state index is -0.879. The highest BCUT2D eigenvalue weighted by Crippen LogP contribution is 2.37. The third kappa shape index (κ3) is 7.96. The van der Waals surface area contributed by atoms with Crippen LogP contribution in [0.5, 0.6) is 0 Å². The number of benzene rings is 2. The van der Waals surface area contributed by atoms with E-state index in [9.17, 15) is 29.4 Å². The molecule has 2 saturated heterocycles. The number of thioether (sulfide) groups is 2. The Morgan fingerprint density at radius 1 is 0.775 bits per heavy atom. The average molecular weight is 589 g/mol. The smallest absolute Gasteiger partial charge is 0.313 e. The van der Waals surface area contributed by atoms with Crippen LogP contribution in [0.1, 0.15) is 79.9 Å². The lowest BCUT2D eigenvalue weighted by atomic mass is 9.92. The SMILES string of the molecule is CC(C(=O)O)c1ccc(C(O)C2CCSC2=O)cc1.CCOC(=O)C(C)c1ccc(C(O)C2CCSC2=O)cc1. The number of carboxylic acids is 1. The maximum absolute atomic E-state index is 11.7. The number of rotatable bonds is 9. The van der Waals surface area contributed by atoms with Crippen molar-refractivity contribution in [2.45, 2.75) is 57.7 Å². The summed E-state index contributed by atoms with van der Waals surface area (Å²) in [4.78, 5) is 45.8. The second-order valence-electron chi connectivity index (χ2n) is 9.88. The van der Waals surface area contributed by atoms with Crippen LogP contribution < -0.4 is 0 Å². The Morgan fingerprint density at radius 2 is 1.15 bits per heavy atom. The fraction of sp³-hybridized carbons (Fsp3) is 0.467. The van der Waals surface area contributed by atoms with Gasteiger partial charge < -0.3 is 20.1 Å². The molecule has 6 unspecified atom stereocenters. The fourth-order valence-corrected chi connectivity index (χ4v) is 6.64. The molecule has 2 aromatic rings. The van der Waals surface area contributed by atoms with Crippen LogP contribution in [0.4, 0.5) is 0 Å². The number of aliphatic hydroxyl groups is 2. The molecule has 0 radical (unpaired) electrons. The third-order valence-corrected chi connectivity index (χ3v) is 9.33. The summed E-state index contributed by atoms with van der Waals surface area (Å²) in [5, 5.41) is 29.5. The molecule has 0 aromatic heterocycles. The van der Waals surface area contributed by atoms with Crippen LogP contribution in [0.25, 0.3) is 0 Å². The van der Waals surface area contributed by atoms with Crippen molar-refractivity contribution in [2.75, 3.05) is 18.1 Å². The first-order valence-corrected chi connectivity index (χ1v) is 15.3. The summed E-state index contributed by atoms with van der Waals surface area (Å²) < 4.78 is 5.00.